The van der Waals surface area contributed by atoms with Crippen LogP contribution in [-0.4, -0.2) is 30.8 Å². The summed E-state index contributed by atoms with van der Waals surface area (Å²) in [7, 11) is 0. The van der Waals surface area contributed by atoms with Crippen LogP contribution in [-0.2, 0) is 31.3 Å². The third-order valence-corrected chi connectivity index (χ3v) is 0.562. The van der Waals surface area contributed by atoms with Crippen LogP contribution in [0.25, 0.3) is 0 Å². The zero-order valence-electron chi connectivity index (χ0n) is 5.46. The first-order valence-corrected chi connectivity index (χ1v) is 2.54. The van der Waals surface area contributed by atoms with Gasteiger partial charge in [0, 0.05) is 34.8 Å². The topological polar surface area (TPSA) is 84.6 Å². The summed E-state index contributed by atoms with van der Waals surface area (Å²) in [5, 5.41) is 8.09. The van der Waals surface area contributed by atoms with Crippen molar-refractivity contribution < 1.29 is 36.5 Å². The molecule has 5 nitrogen and oxygen atoms in total. The maximum absolute atomic E-state index is 10.1. The van der Waals surface area contributed by atoms with Gasteiger partial charge in [-0.1, -0.05) is 0 Å². The van der Waals surface area contributed by atoms with E-state index in [0.29, 0.717) is 13.1 Å². The fraction of sp³-hybridized carbons (Fsp3) is 0.750. The molecule has 0 saturated carbocycles. The van der Waals surface area contributed by atoms with Gasteiger partial charge in [0.15, 0.2) is 0 Å². The molecule has 0 aromatic carbocycles. The van der Waals surface area contributed by atoms with Crippen LogP contribution in [0.1, 0.15) is 0 Å². The predicted molar refractivity (Wildman–Crippen MR) is 30.2 cm³/mol. The van der Waals surface area contributed by atoms with Crippen LogP contribution >= 0.6 is 0 Å². The van der Waals surface area contributed by atoms with Gasteiger partial charge >= 0.3 is 5.97 Å². The summed E-state index contributed by atoms with van der Waals surface area (Å²) in [5.74, 6) is -0.705. The van der Waals surface area contributed by atoms with Crippen LogP contribution in [0.5, 0.6) is 0 Å². The van der Waals surface area contributed by atoms with Crippen LogP contribution in [0, 0.1) is 0 Å². The fourth-order valence-corrected chi connectivity index (χ4v) is 0.223. The van der Waals surface area contributed by atoms with Crippen molar-refractivity contribution in [2.75, 3.05) is 19.7 Å². The van der Waals surface area contributed by atoms with Gasteiger partial charge in [-0.25, -0.2) is 4.79 Å². The Morgan fingerprint density at radius 3 is 2.70 bits per heavy atom. The SMILES string of the molecule is NCCNOC(=O)CO.[Ti]. The van der Waals surface area contributed by atoms with Crippen molar-refractivity contribution in [3.05, 3.63) is 0 Å². The number of nitrogens with one attached hydrogen (secondary N) is 1. The average Bonchev–Trinajstić information content (AvgIpc) is 1.89. The van der Waals surface area contributed by atoms with E-state index >= 15 is 0 Å². The number of nitrogens with two attached hydrogens (primary N) is 1. The molecule has 4 N–H and O–H groups in total. The Balaban J connectivity index is 0. The van der Waals surface area contributed by atoms with Crippen LogP contribution in [0.4, 0.5) is 0 Å². The molecule has 0 radical (unpaired) electrons. The molecule has 0 atom stereocenters. The molecule has 0 aliphatic rings. The van der Waals surface area contributed by atoms with Gasteiger partial charge in [0.1, 0.15) is 6.61 Å². The van der Waals surface area contributed by atoms with Gasteiger partial charge in [-0.3, -0.25) is 0 Å². The molecular weight excluding hydrogens is 172 g/mol. The minimum absolute atomic E-state index is 0. The van der Waals surface area contributed by atoms with Gasteiger partial charge in [0.25, 0.3) is 0 Å². The van der Waals surface area contributed by atoms with E-state index in [-0.39, 0.29) is 21.7 Å². The van der Waals surface area contributed by atoms with Crippen molar-refractivity contribution in [2.24, 2.45) is 5.73 Å². The quantitative estimate of drug-likeness (QED) is 0.265. The van der Waals surface area contributed by atoms with Crippen LogP contribution < -0.4 is 11.2 Å². The minimum atomic E-state index is -0.705. The maximum atomic E-state index is 10.1. The van der Waals surface area contributed by atoms with E-state index in [4.69, 9.17) is 10.8 Å². The summed E-state index contributed by atoms with van der Waals surface area (Å²) in [6.45, 7) is 0.169. The van der Waals surface area contributed by atoms with Gasteiger partial charge in [-0.15, -0.1) is 0 Å². The Kier molecular flexibility index (Phi) is 11.5. The number of aliphatic hydroxyl groups excluding tert-OH is 1. The van der Waals surface area contributed by atoms with E-state index in [1.54, 1.807) is 0 Å². The van der Waals surface area contributed by atoms with Gasteiger partial charge in [-0.2, -0.15) is 5.48 Å². The molecule has 0 saturated heterocycles. The van der Waals surface area contributed by atoms with Crippen molar-refractivity contribution in [2.45, 2.75) is 0 Å². The van der Waals surface area contributed by atoms with Crippen molar-refractivity contribution in [3.63, 3.8) is 0 Å². The van der Waals surface area contributed by atoms with Crippen molar-refractivity contribution in [1.82, 2.24) is 5.48 Å². The fourth-order valence-electron chi connectivity index (χ4n) is 0.223. The first kappa shape index (κ1) is 12.7. The number of hydrogen-bond donors (Lipinski definition) is 3. The van der Waals surface area contributed by atoms with Crippen LogP contribution in [0.2, 0.25) is 0 Å². The second-order valence-electron chi connectivity index (χ2n) is 1.32. The summed E-state index contributed by atoms with van der Waals surface area (Å²) in [6.07, 6.45) is 0. The Morgan fingerprint density at radius 2 is 2.30 bits per heavy atom. The largest absolute Gasteiger partial charge is 0.385 e. The first-order valence-electron chi connectivity index (χ1n) is 2.54. The van der Waals surface area contributed by atoms with E-state index in [9.17, 15) is 4.79 Å². The summed E-state index contributed by atoms with van der Waals surface area (Å²) in [4.78, 5) is 14.3. The number of hydroxylamine groups is 1. The van der Waals surface area contributed by atoms with E-state index in [1.807, 2.05) is 0 Å². The summed E-state index contributed by atoms with van der Waals surface area (Å²) >= 11 is 0. The van der Waals surface area contributed by atoms with Gasteiger partial charge in [0.2, 0.25) is 0 Å². The summed E-state index contributed by atoms with van der Waals surface area (Å²) in [6, 6.07) is 0. The predicted octanol–water partition coefficient (Wildman–Crippen LogP) is -2.02. The second-order valence-corrected chi connectivity index (χ2v) is 1.32. The number of aliphatic hydroxyl groups is 1. The molecule has 58 valence electrons. The maximum Gasteiger partial charge on any atom is 0.350 e. The van der Waals surface area contributed by atoms with Crippen molar-refractivity contribution in [3.8, 4) is 0 Å². The molecule has 0 aromatic heterocycles. The monoisotopic (exact) mass is 182 g/mol. The molecule has 0 aliphatic carbocycles. The van der Waals surface area contributed by atoms with E-state index in [0.717, 1.165) is 0 Å². The normalized spacial score (nSPS) is 8.20. The molecular formula is C4H10N2O3Ti. The first-order chi connectivity index (χ1) is 4.31. The molecule has 0 rings (SSSR count). The smallest absolute Gasteiger partial charge is 0.350 e. The second kappa shape index (κ2) is 9.06. The Morgan fingerprint density at radius 1 is 1.70 bits per heavy atom. The zero-order valence-corrected chi connectivity index (χ0v) is 7.02. The molecule has 0 unspecified atom stereocenters. The van der Waals surface area contributed by atoms with Gasteiger partial charge in [-0.05, 0) is 0 Å². The number of carbonyl (C=O) groups is 1. The number of carbonyl (C=O) groups excluding carboxylic acids is 1. The van der Waals surface area contributed by atoms with E-state index in [2.05, 4.69) is 10.3 Å². The molecule has 0 amide bonds. The summed E-state index contributed by atoms with van der Waals surface area (Å²) < 4.78 is 0. The molecule has 0 aliphatic heterocycles. The number of hydrogen-bond acceptors (Lipinski definition) is 5. The number of rotatable bonds is 4. The summed E-state index contributed by atoms with van der Waals surface area (Å²) in [5.41, 5.74) is 7.29. The Hall–Kier alpha value is 0.0643. The third-order valence-electron chi connectivity index (χ3n) is 0.562. The molecule has 0 heterocycles. The van der Waals surface area contributed by atoms with Crippen LogP contribution in [0.3, 0.4) is 0 Å². The molecule has 6 heteroatoms. The zero-order chi connectivity index (χ0) is 7.11. The van der Waals surface area contributed by atoms with Gasteiger partial charge in [0.05, 0.1) is 0 Å². The minimum Gasteiger partial charge on any atom is -0.385 e. The van der Waals surface area contributed by atoms with Crippen molar-refractivity contribution in [1.29, 1.82) is 0 Å². The van der Waals surface area contributed by atoms with Crippen LogP contribution in [0.15, 0.2) is 0 Å². The Bertz CT molecular complexity index is 90.6. The molecule has 10 heavy (non-hydrogen) atoms. The molecule has 0 bridgehead atoms. The van der Waals surface area contributed by atoms with Crippen molar-refractivity contribution >= 4 is 5.97 Å². The molecule has 0 spiro atoms. The average molecular weight is 182 g/mol. The van der Waals surface area contributed by atoms with E-state index in [1.165, 1.54) is 0 Å². The standard InChI is InChI=1S/C4H10N2O3.Ti/c5-1-2-6-9-4(8)3-7;/h6-7H,1-3,5H2;. The van der Waals surface area contributed by atoms with Gasteiger partial charge < -0.3 is 15.7 Å². The molecule has 0 aromatic rings. The third kappa shape index (κ3) is 8.06. The Labute approximate surface area is 73.8 Å². The van der Waals surface area contributed by atoms with E-state index < -0.39 is 12.6 Å². The molecule has 0 fully saturated rings.